The molecule has 0 bridgehead atoms. The van der Waals surface area contributed by atoms with Gasteiger partial charge in [0, 0.05) is 18.7 Å². The van der Waals surface area contributed by atoms with Gasteiger partial charge in [-0.1, -0.05) is 0 Å². The summed E-state index contributed by atoms with van der Waals surface area (Å²) >= 11 is 0. The number of carbonyl (C=O) groups excluding carboxylic acids is 1. The first-order valence-corrected chi connectivity index (χ1v) is 6.25. The van der Waals surface area contributed by atoms with Crippen molar-refractivity contribution in [3.8, 4) is 0 Å². The normalized spacial score (nSPS) is 10.7. The maximum Gasteiger partial charge on any atom is 0.251 e. The van der Waals surface area contributed by atoms with Crippen molar-refractivity contribution < 1.29 is 13.9 Å². The van der Waals surface area contributed by atoms with Crippen molar-refractivity contribution >= 4 is 5.91 Å². The van der Waals surface area contributed by atoms with Crippen molar-refractivity contribution in [1.29, 1.82) is 0 Å². The number of hydrogen-bond acceptors (Lipinski definition) is 2. The van der Waals surface area contributed by atoms with E-state index in [1.54, 1.807) is 0 Å². The van der Waals surface area contributed by atoms with Crippen LogP contribution in [-0.2, 0) is 4.74 Å². The average molecular weight is 253 g/mol. The summed E-state index contributed by atoms with van der Waals surface area (Å²) in [6.07, 6.45) is 2.04. The molecule has 100 valence electrons. The third-order valence-electron chi connectivity index (χ3n) is 2.41. The summed E-state index contributed by atoms with van der Waals surface area (Å²) in [5.74, 6) is -0.503. The van der Waals surface area contributed by atoms with E-state index in [1.807, 2.05) is 13.8 Å². The Bertz CT molecular complexity index is 363. The van der Waals surface area contributed by atoms with Gasteiger partial charge in [-0.05, 0) is 51.0 Å². The van der Waals surface area contributed by atoms with Crippen LogP contribution in [0.25, 0.3) is 0 Å². The molecule has 1 aromatic carbocycles. The Kier molecular flexibility index (Phi) is 6.36. The van der Waals surface area contributed by atoms with Gasteiger partial charge >= 0.3 is 0 Å². The summed E-state index contributed by atoms with van der Waals surface area (Å²) in [4.78, 5) is 11.6. The Balaban J connectivity index is 2.16. The van der Waals surface area contributed by atoms with Crippen LogP contribution in [0.4, 0.5) is 4.39 Å². The molecule has 1 amide bonds. The lowest BCUT2D eigenvalue weighted by atomic mass is 10.2. The van der Waals surface area contributed by atoms with Crippen molar-refractivity contribution in [2.45, 2.75) is 32.8 Å². The quantitative estimate of drug-likeness (QED) is 0.759. The van der Waals surface area contributed by atoms with Gasteiger partial charge in [-0.2, -0.15) is 0 Å². The molecule has 0 unspecified atom stereocenters. The lowest BCUT2D eigenvalue weighted by Crippen LogP contribution is -2.24. The molecule has 0 atom stereocenters. The largest absolute Gasteiger partial charge is 0.379 e. The molecule has 0 radical (unpaired) electrons. The van der Waals surface area contributed by atoms with Gasteiger partial charge in [0.2, 0.25) is 0 Å². The number of unbranched alkanes of at least 4 members (excludes halogenated alkanes) is 1. The molecule has 1 N–H and O–H groups in total. The minimum Gasteiger partial charge on any atom is -0.379 e. The van der Waals surface area contributed by atoms with Crippen molar-refractivity contribution in [3.63, 3.8) is 0 Å². The molecular weight excluding hydrogens is 233 g/mol. The average Bonchev–Trinajstić information content (AvgIpc) is 2.34. The van der Waals surface area contributed by atoms with E-state index in [0.29, 0.717) is 18.7 Å². The molecule has 4 heteroatoms. The van der Waals surface area contributed by atoms with Crippen LogP contribution < -0.4 is 5.32 Å². The molecule has 0 aliphatic rings. The Labute approximate surface area is 107 Å². The Morgan fingerprint density at radius 2 is 1.94 bits per heavy atom. The minimum absolute atomic E-state index is 0.167. The molecular formula is C14H20FNO2. The smallest absolute Gasteiger partial charge is 0.251 e. The number of amides is 1. The molecule has 0 saturated carbocycles. The summed E-state index contributed by atoms with van der Waals surface area (Å²) in [7, 11) is 0. The molecule has 0 aliphatic heterocycles. The number of halogens is 1. The van der Waals surface area contributed by atoms with Gasteiger partial charge in [-0.25, -0.2) is 4.39 Å². The van der Waals surface area contributed by atoms with Gasteiger partial charge in [0.25, 0.3) is 5.91 Å². The van der Waals surface area contributed by atoms with Crippen LogP contribution >= 0.6 is 0 Å². The third kappa shape index (κ3) is 5.77. The van der Waals surface area contributed by atoms with Crippen LogP contribution in [0.1, 0.15) is 37.0 Å². The fraction of sp³-hybridized carbons (Fsp3) is 0.500. The summed E-state index contributed by atoms with van der Waals surface area (Å²) in [6, 6.07) is 5.52. The van der Waals surface area contributed by atoms with Crippen LogP contribution in [-0.4, -0.2) is 25.2 Å². The second-order valence-electron chi connectivity index (χ2n) is 4.39. The highest BCUT2D eigenvalue weighted by atomic mass is 19.1. The minimum atomic E-state index is -0.336. The highest BCUT2D eigenvalue weighted by Crippen LogP contribution is 2.02. The summed E-state index contributed by atoms with van der Waals surface area (Å²) in [5.41, 5.74) is 0.481. The maximum atomic E-state index is 12.7. The van der Waals surface area contributed by atoms with E-state index in [1.165, 1.54) is 24.3 Å². The number of rotatable bonds is 7. The maximum absolute atomic E-state index is 12.7. The molecule has 0 aliphatic carbocycles. The molecule has 0 spiro atoms. The lowest BCUT2D eigenvalue weighted by Gasteiger charge is -2.08. The van der Waals surface area contributed by atoms with Crippen LogP contribution in [0.5, 0.6) is 0 Å². The van der Waals surface area contributed by atoms with E-state index in [-0.39, 0.29) is 17.8 Å². The van der Waals surface area contributed by atoms with Crippen molar-refractivity contribution in [1.82, 2.24) is 5.32 Å². The van der Waals surface area contributed by atoms with Crippen LogP contribution in [0.3, 0.4) is 0 Å². The zero-order valence-corrected chi connectivity index (χ0v) is 10.9. The number of ether oxygens (including phenoxy) is 1. The molecule has 0 aromatic heterocycles. The second kappa shape index (κ2) is 7.82. The summed E-state index contributed by atoms with van der Waals surface area (Å²) < 4.78 is 18.1. The highest BCUT2D eigenvalue weighted by Gasteiger charge is 2.04. The van der Waals surface area contributed by atoms with E-state index < -0.39 is 0 Å². The molecule has 1 aromatic rings. The Morgan fingerprint density at radius 1 is 1.28 bits per heavy atom. The zero-order chi connectivity index (χ0) is 13.4. The predicted octanol–water partition coefficient (Wildman–Crippen LogP) is 2.76. The van der Waals surface area contributed by atoms with Crippen LogP contribution in [0.15, 0.2) is 24.3 Å². The third-order valence-corrected chi connectivity index (χ3v) is 2.41. The molecule has 1 rings (SSSR count). The number of carbonyl (C=O) groups is 1. The first kappa shape index (κ1) is 14.6. The molecule has 0 fully saturated rings. The molecule has 3 nitrogen and oxygen atoms in total. The molecule has 0 heterocycles. The monoisotopic (exact) mass is 253 g/mol. The van der Waals surface area contributed by atoms with Crippen LogP contribution in [0, 0.1) is 5.82 Å². The van der Waals surface area contributed by atoms with Gasteiger partial charge in [0.1, 0.15) is 5.82 Å². The van der Waals surface area contributed by atoms with E-state index in [2.05, 4.69) is 5.32 Å². The van der Waals surface area contributed by atoms with E-state index in [9.17, 15) is 9.18 Å². The van der Waals surface area contributed by atoms with E-state index in [0.717, 1.165) is 12.8 Å². The first-order valence-electron chi connectivity index (χ1n) is 6.25. The van der Waals surface area contributed by atoms with Gasteiger partial charge < -0.3 is 10.1 Å². The molecule has 18 heavy (non-hydrogen) atoms. The van der Waals surface area contributed by atoms with Crippen LogP contribution in [0.2, 0.25) is 0 Å². The Morgan fingerprint density at radius 3 is 2.56 bits per heavy atom. The van der Waals surface area contributed by atoms with E-state index >= 15 is 0 Å². The first-order chi connectivity index (χ1) is 8.59. The number of nitrogens with one attached hydrogen (secondary N) is 1. The summed E-state index contributed by atoms with van der Waals surface area (Å²) in [6.45, 7) is 5.31. The number of benzene rings is 1. The second-order valence-corrected chi connectivity index (χ2v) is 4.39. The van der Waals surface area contributed by atoms with Crippen molar-refractivity contribution in [2.24, 2.45) is 0 Å². The van der Waals surface area contributed by atoms with Crippen molar-refractivity contribution in [2.75, 3.05) is 13.2 Å². The van der Waals surface area contributed by atoms with Gasteiger partial charge in [0.15, 0.2) is 0 Å². The Hall–Kier alpha value is -1.42. The zero-order valence-electron chi connectivity index (χ0n) is 10.9. The van der Waals surface area contributed by atoms with Crippen molar-refractivity contribution in [3.05, 3.63) is 35.6 Å². The molecule has 0 saturated heterocycles. The predicted molar refractivity (Wildman–Crippen MR) is 69.1 cm³/mol. The fourth-order valence-corrected chi connectivity index (χ4v) is 1.45. The topological polar surface area (TPSA) is 38.3 Å². The SMILES string of the molecule is CC(C)OCCCCNC(=O)c1ccc(F)cc1. The van der Waals surface area contributed by atoms with Gasteiger partial charge in [-0.15, -0.1) is 0 Å². The lowest BCUT2D eigenvalue weighted by molar-refractivity contribution is 0.0754. The standard InChI is InChI=1S/C14H20FNO2/c1-11(2)18-10-4-3-9-16-14(17)12-5-7-13(15)8-6-12/h5-8,11H,3-4,9-10H2,1-2H3,(H,16,17). The summed E-state index contributed by atoms with van der Waals surface area (Å²) in [5, 5.41) is 2.79. The van der Waals surface area contributed by atoms with Gasteiger partial charge in [-0.3, -0.25) is 4.79 Å². The van der Waals surface area contributed by atoms with E-state index in [4.69, 9.17) is 4.74 Å². The number of hydrogen-bond donors (Lipinski definition) is 1. The fourth-order valence-electron chi connectivity index (χ4n) is 1.45. The highest BCUT2D eigenvalue weighted by molar-refractivity contribution is 5.94. The van der Waals surface area contributed by atoms with Gasteiger partial charge in [0.05, 0.1) is 6.10 Å².